The number of amides is 4. The zero-order valence-corrected chi connectivity index (χ0v) is 22.3. The molecule has 2 aromatic rings. The van der Waals surface area contributed by atoms with Crippen LogP contribution in [0.3, 0.4) is 0 Å². The van der Waals surface area contributed by atoms with Crippen molar-refractivity contribution in [1.82, 2.24) is 19.4 Å². The molecule has 1 N–H and O–H groups in total. The Kier molecular flexibility index (Phi) is 7.56. The van der Waals surface area contributed by atoms with Gasteiger partial charge in [-0.3, -0.25) is 19.3 Å². The Morgan fingerprint density at radius 2 is 1.68 bits per heavy atom. The van der Waals surface area contributed by atoms with E-state index in [-0.39, 0.29) is 43.3 Å². The van der Waals surface area contributed by atoms with Gasteiger partial charge in [-0.25, -0.2) is 13.2 Å². The molecule has 0 bridgehead atoms. The Balaban J connectivity index is 1.42. The van der Waals surface area contributed by atoms with Crippen molar-refractivity contribution < 1.29 is 32.3 Å². The molecule has 12 heteroatoms. The van der Waals surface area contributed by atoms with Crippen LogP contribution in [0.15, 0.2) is 53.4 Å². The molecular formula is C26H30N4O7S. The van der Waals surface area contributed by atoms with Crippen LogP contribution in [0.2, 0.25) is 0 Å². The highest BCUT2D eigenvalue weighted by atomic mass is 32.2. The Morgan fingerprint density at radius 3 is 2.26 bits per heavy atom. The normalized spacial score (nSPS) is 20.4. The summed E-state index contributed by atoms with van der Waals surface area (Å²) in [5.74, 6) is -0.602. The number of ether oxygens (including phenoxy) is 1. The predicted molar refractivity (Wildman–Crippen MR) is 137 cm³/mol. The molecule has 2 fully saturated rings. The summed E-state index contributed by atoms with van der Waals surface area (Å²) in [5, 5.41) is 2.75. The second kappa shape index (κ2) is 10.5. The molecule has 4 rings (SSSR count). The molecule has 2 aliphatic heterocycles. The van der Waals surface area contributed by atoms with E-state index >= 15 is 0 Å². The smallest absolute Gasteiger partial charge is 0.325 e. The van der Waals surface area contributed by atoms with Gasteiger partial charge in [0.2, 0.25) is 15.9 Å². The van der Waals surface area contributed by atoms with Gasteiger partial charge in [0.15, 0.2) is 5.78 Å². The highest BCUT2D eigenvalue weighted by Crippen LogP contribution is 2.33. The quantitative estimate of drug-likeness (QED) is 0.396. The van der Waals surface area contributed by atoms with E-state index in [4.69, 9.17) is 4.74 Å². The number of hydrogen-bond donors (Lipinski definition) is 1. The maximum Gasteiger partial charge on any atom is 0.325 e. The first-order chi connectivity index (χ1) is 18.0. The standard InChI is InChI=1S/C26H30N4O7S/c1-4-26(20-8-10-21(37-3)11-9-20)24(33)30(25(34)27-26)17-23(32)28-12-14-29(15-13-28)38(35,36)22-7-5-6-19(16-22)18(2)31/h5-11,16H,4,12-15,17H2,1-3H3,(H,27,34)/t26-/m1/s1. The molecule has 0 aromatic heterocycles. The number of urea groups is 1. The van der Waals surface area contributed by atoms with Crippen molar-refractivity contribution in [2.24, 2.45) is 0 Å². The molecular weight excluding hydrogens is 512 g/mol. The van der Waals surface area contributed by atoms with Crippen LogP contribution in [0.5, 0.6) is 5.75 Å². The zero-order valence-electron chi connectivity index (χ0n) is 21.5. The summed E-state index contributed by atoms with van der Waals surface area (Å²) in [6.07, 6.45) is 0.288. The van der Waals surface area contributed by atoms with Crippen LogP contribution in [-0.2, 0) is 25.2 Å². The Bertz CT molecular complexity index is 1370. The Hall–Kier alpha value is -3.77. The lowest BCUT2D eigenvalue weighted by Crippen LogP contribution is -2.53. The third-order valence-corrected chi connectivity index (χ3v) is 8.95. The first-order valence-corrected chi connectivity index (χ1v) is 13.6. The maximum absolute atomic E-state index is 13.4. The fraction of sp³-hybridized carbons (Fsp3) is 0.385. The molecule has 0 aliphatic carbocycles. The number of piperazine rings is 1. The van der Waals surface area contributed by atoms with Crippen molar-refractivity contribution in [2.45, 2.75) is 30.7 Å². The lowest BCUT2D eigenvalue weighted by Gasteiger charge is -2.34. The van der Waals surface area contributed by atoms with Gasteiger partial charge >= 0.3 is 6.03 Å². The van der Waals surface area contributed by atoms with Crippen molar-refractivity contribution in [3.05, 3.63) is 59.7 Å². The van der Waals surface area contributed by atoms with E-state index in [1.165, 1.54) is 41.4 Å². The molecule has 2 saturated heterocycles. The van der Waals surface area contributed by atoms with E-state index < -0.39 is 40.0 Å². The van der Waals surface area contributed by atoms with Gasteiger partial charge in [0.1, 0.15) is 17.8 Å². The maximum atomic E-state index is 13.4. The van der Waals surface area contributed by atoms with E-state index in [0.29, 0.717) is 16.9 Å². The lowest BCUT2D eigenvalue weighted by atomic mass is 9.87. The fourth-order valence-electron chi connectivity index (χ4n) is 4.72. The van der Waals surface area contributed by atoms with E-state index in [1.807, 2.05) is 0 Å². The number of ketones is 1. The molecule has 0 saturated carbocycles. The minimum Gasteiger partial charge on any atom is -0.497 e. The summed E-state index contributed by atoms with van der Waals surface area (Å²) in [6, 6.07) is 12.0. The summed E-state index contributed by atoms with van der Waals surface area (Å²) in [6.45, 7) is 2.99. The third kappa shape index (κ3) is 4.88. The average Bonchev–Trinajstić information content (AvgIpc) is 3.18. The number of carbonyl (C=O) groups excluding carboxylic acids is 4. The third-order valence-electron chi connectivity index (χ3n) is 7.05. The largest absolute Gasteiger partial charge is 0.497 e. The van der Waals surface area contributed by atoms with Crippen LogP contribution in [0.25, 0.3) is 0 Å². The highest BCUT2D eigenvalue weighted by Gasteiger charge is 2.52. The van der Waals surface area contributed by atoms with Crippen LogP contribution in [0.4, 0.5) is 4.79 Å². The molecule has 0 spiro atoms. The molecule has 11 nitrogen and oxygen atoms in total. The predicted octanol–water partition coefficient (Wildman–Crippen LogP) is 1.59. The second-order valence-electron chi connectivity index (χ2n) is 9.18. The molecule has 38 heavy (non-hydrogen) atoms. The van der Waals surface area contributed by atoms with Crippen LogP contribution >= 0.6 is 0 Å². The van der Waals surface area contributed by atoms with Crippen LogP contribution in [0.1, 0.15) is 36.2 Å². The van der Waals surface area contributed by atoms with Crippen LogP contribution < -0.4 is 10.1 Å². The topological polar surface area (TPSA) is 133 Å². The molecule has 2 aliphatic rings. The van der Waals surface area contributed by atoms with Crippen molar-refractivity contribution in [1.29, 1.82) is 0 Å². The van der Waals surface area contributed by atoms with E-state index in [1.54, 1.807) is 37.3 Å². The van der Waals surface area contributed by atoms with Crippen molar-refractivity contribution >= 4 is 33.7 Å². The number of sulfonamides is 1. The number of carbonyl (C=O) groups is 4. The summed E-state index contributed by atoms with van der Waals surface area (Å²) in [5.41, 5.74) is -0.404. The lowest BCUT2D eigenvalue weighted by molar-refractivity contribution is -0.139. The van der Waals surface area contributed by atoms with Gasteiger partial charge in [0, 0.05) is 31.7 Å². The van der Waals surface area contributed by atoms with Gasteiger partial charge in [-0.2, -0.15) is 4.31 Å². The van der Waals surface area contributed by atoms with Gasteiger partial charge in [-0.15, -0.1) is 0 Å². The highest BCUT2D eigenvalue weighted by molar-refractivity contribution is 7.89. The second-order valence-corrected chi connectivity index (χ2v) is 11.1. The van der Waals surface area contributed by atoms with Gasteiger partial charge < -0.3 is 15.0 Å². The minimum absolute atomic E-state index is 0.0127. The number of methoxy groups -OCH3 is 1. The monoisotopic (exact) mass is 542 g/mol. The molecule has 4 amide bonds. The summed E-state index contributed by atoms with van der Waals surface area (Å²) in [7, 11) is -2.33. The van der Waals surface area contributed by atoms with Crippen LogP contribution in [-0.4, -0.2) is 86.0 Å². The van der Waals surface area contributed by atoms with Gasteiger partial charge in [-0.1, -0.05) is 31.2 Å². The summed E-state index contributed by atoms with van der Waals surface area (Å²) >= 11 is 0. The van der Waals surface area contributed by atoms with Gasteiger partial charge in [-0.05, 0) is 43.2 Å². The number of nitrogens with zero attached hydrogens (tertiary/aromatic N) is 3. The molecule has 2 aromatic carbocycles. The Labute approximate surface area is 221 Å². The zero-order chi connectivity index (χ0) is 27.7. The number of Topliss-reactive ketones (excluding diaryl/α,β-unsaturated/α-hetero) is 1. The molecule has 2 heterocycles. The fourth-order valence-corrected chi connectivity index (χ4v) is 6.19. The van der Waals surface area contributed by atoms with Crippen molar-refractivity contribution in [3.63, 3.8) is 0 Å². The average molecular weight is 543 g/mol. The molecule has 1 atom stereocenters. The number of hydrogen-bond acceptors (Lipinski definition) is 7. The summed E-state index contributed by atoms with van der Waals surface area (Å²) in [4.78, 5) is 53.2. The first kappa shape index (κ1) is 27.3. The molecule has 202 valence electrons. The van der Waals surface area contributed by atoms with Crippen molar-refractivity contribution in [2.75, 3.05) is 39.8 Å². The van der Waals surface area contributed by atoms with E-state index in [2.05, 4.69) is 5.32 Å². The first-order valence-electron chi connectivity index (χ1n) is 12.2. The summed E-state index contributed by atoms with van der Waals surface area (Å²) < 4.78 is 32.6. The minimum atomic E-state index is -3.86. The van der Waals surface area contributed by atoms with Crippen LogP contribution in [0, 0.1) is 0 Å². The molecule has 0 radical (unpaired) electrons. The van der Waals surface area contributed by atoms with Gasteiger partial charge in [0.25, 0.3) is 5.91 Å². The Morgan fingerprint density at radius 1 is 1.03 bits per heavy atom. The number of rotatable bonds is 8. The van der Waals surface area contributed by atoms with E-state index in [9.17, 15) is 27.6 Å². The SMILES string of the molecule is CC[C@]1(c2ccc(OC)cc2)NC(=O)N(CC(=O)N2CCN(S(=O)(=O)c3cccc(C(C)=O)c3)CC2)C1=O. The van der Waals surface area contributed by atoms with Gasteiger partial charge in [0.05, 0.1) is 12.0 Å². The molecule has 0 unspecified atom stereocenters. The number of nitrogens with one attached hydrogen (secondary N) is 1. The van der Waals surface area contributed by atoms with Crippen molar-refractivity contribution in [3.8, 4) is 5.75 Å². The number of benzene rings is 2. The van der Waals surface area contributed by atoms with E-state index in [0.717, 1.165) is 4.90 Å². The number of imide groups is 1.